The number of halogens is 1. The highest BCUT2D eigenvalue weighted by Crippen LogP contribution is 2.38. The van der Waals surface area contributed by atoms with Crippen molar-refractivity contribution in [2.24, 2.45) is 0 Å². The standard InChI is InChI=1S/C14H19ClN2O3S/c1-2-10-4-3-7-16(10)14(18)13-8-12(21(15,19)20)9-17(13)11-5-6-11/h8-11H,2-7H2,1H3. The number of nitrogens with zero attached hydrogens (tertiary/aromatic N) is 2. The lowest BCUT2D eigenvalue weighted by Crippen LogP contribution is -2.36. The third kappa shape index (κ3) is 2.83. The van der Waals surface area contributed by atoms with E-state index in [1.807, 2.05) is 4.90 Å². The van der Waals surface area contributed by atoms with Crippen LogP contribution in [0.1, 0.15) is 55.6 Å². The van der Waals surface area contributed by atoms with E-state index in [9.17, 15) is 13.2 Å². The fourth-order valence-electron chi connectivity index (χ4n) is 3.09. The van der Waals surface area contributed by atoms with Crippen LogP contribution in [0.15, 0.2) is 17.2 Å². The average molecular weight is 331 g/mol. The Morgan fingerprint density at radius 2 is 2.10 bits per heavy atom. The molecule has 1 unspecified atom stereocenters. The van der Waals surface area contributed by atoms with Crippen LogP contribution >= 0.6 is 10.7 Å². The van der Waals surface area contributed by atoms with Crippen LogP contribution in [0.3, 0.4) is 0 Å². The second-order valence-corrected chi connectivity index (χ2v) is 8.41. The van der Waals surface area contributed by atoms with Crippen molar-refractivity contribution >= 4 is 25.6 Å². The van der Waals surface area contributed by atoms with Gasteiger partial charge in [-0.2, -0.15) is 0 Å². The first-order chi connectivity index (χ1) is 9.91. The van der Waals surface area contributed by atoms with Gasteiger partial charge < -0.3 is 9.47 Å². The molecule has 1 atom stereocenters. The summed E-state index contributed by atoms with van der Waals surface area (Å²) in [5, 5.41) is 0. The summed E-state index contributed by atoms with van der Waals surface area (Å²) >= 11 is 0. The molecule has 7 heteroatoms. The van der Waals surface area contributed by atoms with Crippen LogP contribution in [-0.2, 0) is 9.05 Å². The molecule has 1 aromatic rings. The SMILES string of the molecule is CCC1CCCN1C(=O)c1cc(S(=O)(=O)Cl)cn1C1CC1. The van der Waals surface area contributed by atoms with Crippen LogP contribution in [-0.4, -0.2) is 36.4 Å². The molecule has 0 N–H and O–H groups in total. The Kier molecular flexibility index (Phi) is 3.78. The molecule has 2 aliphatic rings. The van der Waals surface area contributed by atoms with Gasteiger partial charge in [0, 0.05) is 35.5 Å². The Hall–Kier alpha value is -1.01. The predicted octanol–water partition coefficient (Wildman–Crippen LogP) is 2.77. The van der Waals surface area contributed by atoms with Crippen molar-refractivity contribution in [2.45, 2.75) is 56.0 Å². The minimum atomic E-state index is -3.81. The maximum absolute atomic E-state index is 12.8. The number of aromatic nitrogens is 1. The lowest BCUT2D eigenvalue weighted by Gasteiger charge is -2.24. The van der Waals surface area contributed by atoms with Gasteiger partial charge in [0.2, 0.25) is 0 Å². The highest BCUT2D eigenvalue weighted by atomic mass is 35.7. The first kappa shape index (κ1) is 14.9. The fraction of sp³-hybridized carbons (Fsp3) is 0.643. The molecule has 3 rings (SSSR count). The molecule has 0 radical (unpaired) electrons. The Labute approximate surface area is 129 Å². The van der Waals surface area contributed by atoms with Gasteiger partial charge in [0.25, 0.3) is 15.0 Å². The molecule has 1 saturated heterocycles. The van der Waals surface area contributed by atoms with Crippen molar-refractivity contribution in [3.8, 4) is 0 Å². The molecule has 1 aliphatic carbocycles. The van der Waals surface area contributed by atoms with E-state index in [0.29, 0.717) is 5.69 Å². The maximum atomic E-state index is 12.8. The summed E-state index contributed by atoms with van der Waals surface area (Å²) in [5.41, 5.74) is 0.456. The van der Waals surface area contributed by atoms with Crippen molar-refractivity contribution in [1.29, 1.82) is 0 Å². The average Bonchev–Trinajstić information content (AvgIpc) is 3.01. The van der Waals surface area contributed by atoms with Crippen LogP contribution < -0.4 is 0 Å². The maximum Gasteiger partial charge on any atom is 0.270 e. The van der Waals surface area contributed by atoms with Gasteiger partial charge in [-0.3, -0.25) is 4.79 Å². The van der Waals surface area contributed by atoms with Crippen molar-refractivity contribution in [3.05, 3.63) is 18.0 Å². The lowest BCUT2D eigenvalue weighted by molar-refractivity contribution is 0.0722. The molecule has 0 bridgehead atoms. The zero-order chi connectivity index (χ0) is 15.2. The van der Waals surface area contributed by atoms with Crippen LogP contribution in [0, 0.1) is 0 Å². The van der Waals surface area contributed by atoms with E-state index in [4.69, 9.17) is 10.7 Å². The Bertz CT molecular complexity index is 664. The number of hydrogen-bond acceptors (Lipinski definition) is 3. The Morgan fingerprint density at radius 3 is 2.67 bits per heavy atom. The van der Waals surface area contributed by atoms with Gasteiger partial charge in [-0.05, 0) is 38.2 Å². The van der Waals surface area contributed by atoms with E-state index in [1.165, 1.54) is 12.3 Å². The van der Waals surface area contributed by atoms with Gasteiger partial charge in [0.1, 0.15) is 10.6 Å². The summed E-state index contributed by atoms with van der Waals surface area (Å²) in [6, 6.07) is 1.92. The molecule has 1 aromatic heterocycles. The first-order valence-corrected chi connectivity index (χ1v) is 9.70. The minimum Gasteiger partial charge on any atom is -0.339 e. The summed E-state index contributed by atoms with van der Waals surface area (Å²) in [6.45, 7) is 2.82. The van der Waals surface area contributed by atoms with Crippen LogP contribution in [0.5, 0.6) is 0 Å². The van der Waals surface area contributed by atoms with Crippen LogP contribution in [0.2, 0.25) is 0 Å². The van der Waals surface area contributed by atoms with E-state index in [2.05, 4.69) is 6.92 Å². The van der Waals surface area contributed by atoms with Gasteiger partial charge in [-0.25, -0.2) is 8.42 Å². The molecule has 116 valence electrons. The molecule has 2 fully saturated rings. The van der Waals surface area contributed by atoms with Crippen molar-refractivity contribution in [1.82, 2.24) is 9.47 Å². The topological polar surface area (TPSA) is 59.4 Å². The summed E-state index contributed by atoms with van der Waals surface area (Å²) in [7, 11) is 1.62. The highest BCUT2D eigenvalue weighted by Gasteiger charge is 2.34. The van der Waals surface area contributed by atoms with Crippen molar-refractivity contribution in [3.63, 3.8) is 0 Å². The summed E-state index contributed by atoms with van der Waals surface area (Å²) in [5.74, 6) is -0.0715. The van der Waals surface area contributed by atoms with E-state index in [-0.39, 0.29) is 22.9 Å². The largest absolute Gasteiger partial charge is 0.339 e. The quantitative estimate of drug-likeness (QED) is 0.797. The number of carbonyl (C=O) groups excluding carboxylic acids is 1. The number of carbonyl (C=O) groups is 1. The summed E-state index contributed by atoms with van der Waals surface area (Å²) in [4.78, 5) is 14.7. The fourth-order valence-corrected chi connectivity index (χ4v) is 3.83. The van der Waals surface area contributed by atoms with E-state index in [1.54, 1.807) is 4.57 Å². The second-order valence-electron chi connectivity index (χ2n) is 5.84. The molecule has 2 heterocycles. The number of hydrogen-bond donors (Lipinski definition) is 0. The molecule has 1 amide bonds. The monoisotopic (exact) mass is 330 g/mol. The number of amides is 1. The number of rotatable bonds is 4. The van der Waals surface area contributed by atoms with Crippen molar-refractivity contribution < 1.29 is 13.2 Å². The smallest absolute Gasteiger partial charge is 0.270 e. The molecule has 0 spiro atoms. The second kappa shape index (κ2) is 5.32. The zero-order valence-corrected chi connectivity index (χ0v) is 13.5. The predicted molar refractivity (Wildman–Crippen MR) is 80.1 cm³/mol. The Morgan fingerprint density at radius 1 is 1.38 bits per heavy atom. The van der Waals surface area contributed by atoms with Gasteiger partial charge >= 0.3 is 0 Å². The van der Waals surface area contributed by atoms with Gasteiger partial charge in [-0.1, -0.05) is 6.92 Å². The molecule has 21 heavy (non-hydrogen) atoms. The van der Waals surface area contributed by atoms with Crippen LogP contribution in [0.4, 0.5) is 0 Å². The highest BCUT2D eigenvalue weighted by molar-refractivity contribution is 8.13. The molecule has 1 aliphatic heterocycles. The Balaban J connectivity index is 1.97. The van der Waals surface area contributed by atoms with Gasteiger partial charge in [-0.15, -0.1) is 0 Å². The first-order valence-electron chi connectivity index (χ1n) is 7.39. The van der Waals surface area contributed by atoms with Gasteiger partial charge in [0.15, 0.2) is 0 Å². The normalized spacial score (nSPS) is 22.8. The minimum absolute atomic E-state index is 0.0201. The zero-order valence-electron chi connectivity index (χ0n) is 12.0. The van der Waals surface area contributed by atoms with E-state index >= 15 is 0 Å². The number of likely N-dealkylation sites (tertiary alicyclic amines) is 1. The lowest BCUT2D eigenvalue weighted by atomic mass is 10.1. The molecular formula is C14H19ClN2O3S. The van der Waals surface area contributed by atoms with Gasteiger partial charge in [0.05, 0.1) is 0 Å². The van der Waals surface area contributed by atoms with Crippen LogP contribution in [0.25, 0.3) is 0 Å². The molecular weight excluding hydrogens is 312 g/mol. The van der Waals surface area contributed by atoms with Crippen molar-refractivity contribution in [2.75, 3.05) is 6.54 Å². The molecule has 0 aromatic carbocycles. The summed E-state index contributed by atoms with van der Waals surface area (Å²) < 4.78 is 24.9. The molecule has 1 saturated carbocycles. The third-order valence-corrected chi connectivity index (χ3v) is 5.69. The van der Waals surface area contributed by atoms with E-state index < -0.39 is 9.05 Å². The van der Waals surface area contributed by atoms with E-state index in [0.717, 1.165) is 38.6 Å². The third-order valence-electron chi connectivity index (χ3n) is 4.37. The molecule has 5 nitrogen and oxygen atoms in total. The summed E-state index contributed by atoms with van der Waals surface area (Å²) in [6.07, 6.45) is 6.42.